The number of nitrogens with two attached hydrogens (primary N) is 1. The Balaban J connectivity index is 0.000000235. The van der Waals surface area contributed by atoms with E-state index in [0.29, 0.717) is 56.7 Å². The Morgan fingerprint density at radius 3 is 2.13 bits per heavy atom. The Kier molecular flexibility index (Phi) is 24.4. The third-order valence-electron chi connectivity index (χ3n) is 16.3. The first-order chi connectivity index (χ1) is 41.3. The Hall–Kier alpha value is -5.97. The van der Waals surface area contributed by atoms with E-state index in [1.165, 1.54) is 32.9 Å². The standard InChI is InChI=1S/C37H48N6O5S2.C27H31Br2ClN4O2/c1-24(2)33(42-36(46)43(5)20-29-22-49-35(40-29)25(3)4)34(45)39-28(16-26-12-8-6-9-13-26)18-32(44)31(17-27-14-10-7-11-15-27)41-37(47)48-21-30-19-38-23-50-30;28-20-12-19-2-1-18-13-21(30)14-22(29)24(18)25(26(19)32-15-20)17-5-9-33(10-6-17)23(35)11-16-3-7-34(8-4-16)27(31)36/h6-15,19,22-25,28,31-33,44H,16-18,20-21H2,1-5H3,(H,39,45)(H,41,47)(H,42,46);12-17,25H,1-11H2,(H2,31,36)/t28-,31-,32-,33-;25-/m01/s1. The number of aromatic nitrogens is 3. The van der Waals surface area contributed by atoms with Crippen LogP contribution in [0.1, 0.15) is 127 Å². The maximum Gasteiger partial charge on any atom is 0.407 e. The highest BCUT2D eigenvalue weighted by Crippen LogP contribution is 2.46. The van der Waals surface area contributed by atoms with Crippen molar-refractivity contribution < 1.29 is 33.8 Å². The van der Waals surface area contributed by atoms with Crippen LogP contribution in [0.2, 0.25) is 5.02 Å². The van der Waals surface area contributed by atoms with Gasteiger partial charge in [0.05, 0.1) is 45.5 Å². The highest BCUT2D eigenvalue weighted by Gasteiger charge is 2.38. The van der Waals surface area contributed by atoms with Crippen LogP contribution in [-0.4, -0.2) is 122 Å². The number of primary amides is 1. The molecule has 0 bridgehead atoms. The van der Waals surface area contributed by atoms with Crippen molar-refractivity contribution in [1.82, 2.24) is 45.6 Å². The number of piperidine rings is 2. The van der Waals surface area contributed by atoms with Crippen LogP contribution in [0.5, 0.6) is 0 Å². The molecule has 0 saturated carbocycles. The molecule has 6 N–H and O–H groups in total. The molecule has 1 aliphatic carbocycles. The monoisotopic (exact) mass is 1360 g/mol. The van der Waals surface area contributed by atoms with Gasteiger partial charge in [-0.2, -0.15) is 0 Å². The number of alkyl carbamates (subject to hydrolysis) is 1. The van der Waals surface area contributed by atoms with Gasteiger partial charge in [0.25, 0.3) is 0 Å². The summed E-state index contributed by atoms with van der Waals surface area (Å²) in [4.78, 5) is 84.1. The molecule has 6 aromatic rings. The summed E-state index contributed by atoms with van der Waals surface area (Å²) in [5.74, 6) is 0.862. The minimum absolute atomic E-state index is 0.0671. The topological polar surface area (TPSA) is 225 Å². The molecular weight excluding hydrogens is 1280 g/mol. The van der Waals surface area contributed by atoms with E-state index in [1.807, 2.05) is 97.1 Å². The zero-order chi connectivity index (χ0) is 61.4. The quantitative estimate of drug-likeness (QED) is 0.0486. The number of aliphatic hydroxyl groups is 1. The van der Waals surface area contributed by atoms with Crippen LogP contribution in [0.4, 0.5) is 14.4 Å². The number of carbonyl (C=O) groups is 5. The minimum Gasteiger partial charge on any atom is -0.444 e. The van der Waals surface area contributed by atoms with Crippen molar-refractivity contribution >= 4 is 96.1 Å². The van der Waals surface area contributed by atoms with Crippen molar-refractivity contribution in [3.05, 3.63) is 165 Å². The Bertz CT molecular complexity index is 3200. The van der Waals surface area contributed by atoms with Gasteiger partial charge in [-0.1, -0.05) is 116 Å². The number of urea groups is 2. The van der Waals surface area contributed by atoms with Crippen molar-refractivity contribution in [3.63, 3.8) is 0 Å². The van der Waals surface area contributed by atoms with Gasteiger partial charge in [0.15, 0.2) is 0 Å². The van der Waals surface area contributed by atoms with E-state index >= 15 is 0 Å². The third kappa shape index (κ3) is 18.8. The number of thiazole rings is 2. The van der Waals surface area contributed by atoms with Gasteiger partial charge in [-0.15, -0.1) is 22.7 Å². The number of nitrogens with zero attached hydrogens (tertiary/aromatic N) is 6. The number of ether oxygens (including phenoxy) is 1. The molecule has 3 aromatic carbocycles. The molecule has 2 aliphatic heterocycles. The predicted molar refractivity (Wildman–Crippen MR) is 345 cm³/mol. The average molecular weight is 1360 g/mol. The van der Waals surface area contributed by atoms with Crippen molar-refractivity contribution in [2.45, 2.75) is 141 Å². The minimum atomic E-state index is -1.05. The van der Waals surface area contributed by atoms with Gasteiger partial charge in [-0.05, 0) is 137 Å². The molecule has 0 spiro atoms. The lowest BCUT2D eigenvalue weighted by Crippen LogP contribution is -2.55. The fraction of sp³-hybridized carbons (Fsp3) is 0.469. The van der Waals surface area contributed by atoms with E-state index in [0.717, 1.165) is 98.0 Å². The molecule has 0 radical (unpaired) electrons. The highest BCUT2D eigenvalue weighted by atomic mass is 79.9. The van der Waals surface area contributed by atoms with Crippen molar-refractivity contribution in [3.8, 4) is 0 Å². The molecule has 3 aromatic heterocycles. The zero-order valence-electron chi connectivity index (χ0n) is 49.4. The van der Waals surface area contributed by atoms with Crippen LogP contribution in [0.25, 0.3) is 0 Å². The van der Waals surface area contributed by atoms with Crippen LogP contribution in [0.3, 0.4) is 0 Å². The molecule has 22 heteroatoms. The maximum absolute atomic E-state index is 13.9. The van der Waals surface area contributed by atoms with Crippen LogP contribution in [0, 0.1) is 17.8 Å². The Labute approximate surface area is 534 Å². The molecule has 17 nitrogen and oxygen atoms in total. The van der Waals surface area contributed by atoms with Crippen LogP contribution >= 0.6 is 66.1 Å². The number of fused-ring (bicyclic) bond motifs is 2. The molecular formula is C64H79Br2ClN10O7S2. The van der Waals surface area contributed by atoms with Crippen LogP contribution in [-0.2, 0) is 53.2 Å². The molecule has 9 rings (SSSR count). The van der Waals surface area contributed by atoms with Gasteiger partial charge in [-0.3, -0.25) is 19.6 Å². The molecule has 5 atom stereocenters. The van der Waals surface area contributed by atoms with E-state index in [2.05, 4.69) is 83.8 Å². The van der Waals surface area contributed by atoms with Gasteiger partial charge >= 0.3 is 18.2 Å². The first-order valence-corrected chi connectivity index (χ1v) is 33.3. The predicted octanol–water partition coefficient (Wildman–Crippen LogP) is 11.8. The molecule has 2 fully saturated rings. The number of aryl methyl sites for hydroxylation is 2. The normalized spacial score (nSPS) is 16.8. The molecule has 0 unspecified atom stereocenters. The molecule has 5 heterocycles. The lowest BCUT2D eigenvalue weighted by atomic mass is 9.76. The maximum atomic E-state index is 13.9. The lowest BCUT2D eigenvalue weighted by molar-refractivity contribution is -0.134. The number of benzene rings is 3. The number of pyridine rings is 1. The van der Waals surface area contributed by atoms with E-state index in [4.69, 9.17) is 27.1 Å². The summed E-state index contributed by atoms with van der Waals surface area (Å²) >= 11 is 16.8. The Morgan fingerprint density at radius 1 is 0.837 bits per heavy atom. The lowest BCUT2D eigenvalue weighted by Gasteiger charge is -2.38. The molecule has 460 valence electrons. The zero-order valence-corrected chi connectivity index (χ0v) is 55.0. The first-order valence-electron chi connectivity index (χ1n) is 29.6. The van der Waals surface area contributed by atoms with Gasteiger partial charge in [0.2, 0.25) is 11.8 Å². The summed E-state index contributed by atoms with van der Waals surface area (Å²) in [6, 6.07) is 22.7. The number of halogens is 3. The summed E-state index contributed by atoms with van der Waals surface area (Å²) in [5, 5.41) is 24.2. The number of carbonyl (C=O) groups excluding carboxylic acids is 5. The van der Waals surface area contributed by atoms with E-state index in [1.54, 1.807) is 35.0 Å². The third-order valence-corrected chi connectivity index (χ3v) is 19.6. The number of rotatable bonds is 20. The van der Waals surface area contributed by atoms with Gasteiger partial charge in [0.1, 0.15) is 12.6 Å². The fourth-order valence-electron chi connectivity index (χ4n) is 11.6. The van der Waals surface area contributed by atoms with E-state index in [-0.39, 0.29) is 48.7 Å². The van der Waals surface area contributed by atoms with Gasteiger partial charge in [-0.25, -0.2) is 19.4 Å². The number of hydrogen-bond donors (Lipinski definition) is 5. The number of amides is 7. The summed E-state index contributed by atoms with van der Waals surface area (Å²) in [7, 11) is 1.68. The number of likely N-dealkylation sites (tertiary alicyclic amines) is 2. The Morgan fingerprint density at radius 2 is 1.50 bits per heavy atom. The van der Waals surface area contributed by atoms with Crippen molar-refractivity contribution in [1.29, 1.82) is 0 Å². The molecule has 2 saturated heterocycles. The second-order valence-electron chi connectivity index (χ2n) is 23.4. The number of hydrogen-bond acceptors (Lipinski definition) is 12. The van der Waals surface area contributed by atoms with Crippen molar-refractivity contribution in [2.75, 3.05) is 33.2 Å². The van der Waals surface area contributed by atoms with Gasteiger partial charge < -0.3 is 46.2 Å². The largest absolute Gasteiger partial charge is 0.444 e. The summed E-state index contributed by atoms with van der Waals surface area (Å²) in [6.07, 6.45) is 8.76. The van der Waals surface area contributed by atoms with Crippen LogP contribution in [0.15, 0.2) is 111 Å². The summed E-state index contributed by atoms with van der Waals surface area (Å²) in [6.45, 7) is 11.1. The molecule has 86 heavy (non-hydrogen) atoms. The van der Waals surface area contributed by atoms with Gasteiger partial charge in [0, 0.05) is 89.3 Å². The van der Waals surface area contributed by atoms with E-state index in [9.17, 15) is 29.1 Å². The number of aliphatic hydroxyl groups excluding tert-OH is 1. The summed E-state index contributed by atoms with van der Waals surface area (Å²) in [5.41, 5.74) is 14.8. The second kappa shape index (κ2) is 31.8. The summed E-state index contributed by atoms with van der Waals surface area (Å²) < 4.78 is 7.48. The van der Waals surface area contributed by atoms with E-state index < -0.39 is 30.3 Å². The SMILES string of the molecule is CC(C)c1nc(CN(C)C(=O)N[C@H](C(=O)N[C@@H](Cc2ccccc2)C[C@H](O)[C@H](Cc2ccccc2)NC(=O)OCc2cncs2)C(C)C)cs1.NC(=O)N1CCC(CC(=O)N2CCC([C@H]3c4ncc(Br)cc4CCc4cc(Cl)cc(Br)c43)CC2)CC1. The fourth-order valence-corrected chi connectivity index (χ4v) is 14.5. The smallest absolute Gasteiger partial charge is 0.407 e. The number of nitrogens with one attached hydrogen (secondary N) is 3. The first kappa shape index (κ1) is 66.0. The highest BCUT2D eigenvalue weighted by molar-refractivity contribution is 9.10. The van der Waals surface area contributed by atoms with Crippen molar-refractivity contribution in [2.24, 2.45) is 23.5 Å². The van der Waals surface area contributed by atoms with Crippen LogP contribution < -0.4 is 21.7 Å². The molecule has 3 aliphatic rings. The molecule has 7 amide bonds. The second-order valence-corrected chi connectivity index (χ2v) is 27.4. The average Bonchev–Trinajstić information content (AvgIpc) is 2.54.